The van der Waals surface area contributed by atoms with E-state index in [-0.39, 0.29) is 0 Å². The van der Waals surface area contributed by atoms with Gasteiger partial charge in [-0.1, -0.05) is 6.92 Å². The van der Waals surface area contributed by atoms with Crippen LogP contribution in [0.1, 0.15) is 24.6 Å². The van der Waals surface area contributed by atoms with Crippen molar-refractivity contribution in [3.05, 3.63) is 11.3 Å². The lowest BCUT2D eigenvalue weighted by atomic mass is 10.2. The van der Waals surface area contributed by atoms with Crippen molar-refractivity contribution in [2.75, 3.05) is 24.5 Å². The van der Waals surface area contributed by atoms with Crippen LogP contribution in [0.3, 0.4) is 0 Å². The molecule has 2 unspecified atom stereocenters. The van der Waals surface area contributed by atoms with Gasteiger partial charge in [0.1, 0.15) is 5.82 Å². The molecule has 1 fully saturated rings. The Bertz CT molecular complexity index is 423. The van der Waals surface area contributed by atoms with Gasteiger partial charge in [0, 0.05) is 32.2 Å². The van der Waals surface area contributed by atoms with E-state index in [1.807, 2.05) is 23.6 Å². The SMILES string of the molecule is CCCNCc1c(C)nn(C)c1N1CC(O)C(O)C1. The van der Waals surface area contributed by atoms with Crippen LogP contribution in [0.5, 0.6) is 0 Å². The van der Waals surface area contributed by atoms with E-state index in [2.05, 4.69) is 17.3 Å². The van der Waals surface area contributed by atoms with Gasteiger partial charge in [0.2, 0.25) is 0 Å². The fraction of sp³-hybridized carbons (Fsp3) is 0.769. The van der Waals surface area contributed by atoms with Gasteiger partial charge in [0.15, 0.2) is 0 Å². The summed E-state index contributed by atoms with van der Waals surface area (Å²) in [5, 5.41) is 27.2. The molecule has 0 aliphatic carbocycles. The minimum atomic E-state index is -0.674. The zero-order valence-electron chi connectivity index (χ0n) is 11.9. The molecule has 0 amide bonds. The first kappa shape index (κ1) is 14.3. The molecule has 0 aromatic carbocycles. The number of nitrogens with zero attached hydrogens (tertiary/aromatic N) is 3. The third-order valence-electron chi connectivity index (χ3n) is 3.60. The zero-order chi connectivity index (χ0) is 14.0. The third kappa shape index (κ3) is 2.91. The Morgan fingerprint density at radius 2 is 1.95 bits per heavy atom. The van der Waals surface area contributed by atoms with E-state index >= 15 is 0 Å². The van der Waals surface area contributed by atoms with Gasteiger partial charge >= 0.3 is 0 Å². The van der Waals surface area contributed by atoms with Crippen molar-refractivity contribution in [3.8, 4) is 0 Å². The van der Waals surface area contributed by atoms with Crippen molar-refractivity contribution in [1.29, 1.82) is 0 Å². The van der Waals surface area contributed by atoms with E-state index < -0.39 is 12.2 Å². The Balaban J connectivity index is 2.19. The summed E-state index contributed by atoms with van der Waals surface area (Å²) < 4.78 is 1.84. The molecular weight excluding hydrogens is 244 g/mol. The number of aromatic nitrogens is 2. The summed E-state index contributed by atoms with van der Waals surface area (Å²) in [5.41, 5.74) is 2.15. The number of β-amino-alcohol motifs (C(OH)–C–C–N with tert-alkyl or cyclic N) is 2. The Kier molecular flexibility index (Phi) is 4.44. The van der Waals surface area contributed by atoms with Crippen molar-refractivity contribution < 1.29 is 10.2 Å². The molecule has 3 N–H and O–H groups in total. The fourth-order valence-electron chi connectivity index (χ4n) is 2.62. The van der Waals surface area contributed by atoms with Crippen molar-refractivity contribution in [2.24, 2.45) is 7.05 Å². The van der Waals surface area contributed by atoms with Crippen LogP contribution in [0.15, 0.2) is 0 Å². The number of rotatable bonds is 5. The quantitative estimate of drug-likeness (QED) is 0.643. The van der Waals surface area contributed by atoms with Crippen LogP contribution in [0.25, 0.3) is 0 Å². The highest BCUT2D eigenvalue weighted by atomic mass is 16.3. The standard InChI is InChI=1S/C13H24N4O2/c1-4-5-14-6-10-9(2)15-16(3)13(10)17-7-11(18)12(19)8-17/h11-12,14,18-19H,4-8H2,1-3H3. The van der Waals surface area contributed by atoms with Crippen LogP contribution in [0.2, 0.25) is 0 Å². The van der Waals surface area contributed by atoms with Gasteiger partial charge in [-0.3, -0.25) is 4.68 Å². The van der Waals surface area contributed by atoms with Crippen molar-refractivity contribution in [1.82, 2.24) is 15.1 Å². The van der Waals surface area contributed by atoms with Crippen molar-refractivity contribution >= 4 is 5.82 Å². The van der Waals surface area contributed by atoms with E-state index in [1.54, 1.807) is 0 Å². The van der Waals surface area contributed by atoms with Gasteiger partial charge < -0.3 is 20.4 Å². The summed E-state index contributed by atoms with van der Waals surface area (Å²) >= 11 is 0. The van der Waals surface area contributed by atoms with Gasteiger partial charge in [-0.2, -0.15) is 5.10 Å². The first-order chi connectivity index (χ1) is 9.04. The molecule has 1 aliphatic heterocycles. The van der Waals surface area contributed by atoms with E-state index in [0.29, 0.717) is 13.1 Å². The molecule has 1 aliphatic rings. The molecule has 0 saturated carbocycles. The minimum absolute atomic E-state index is 0.459. The Hall–Kier alpha value is -1.11. The lowest BCUT2D eigenvalue weighted by Crippen LogP contribution is -2.26. The predicted molar refractivity (Wildman–Crippen MR) is 74.2 cm³/mol. The average molecular weight is 268 g/mol. The molecular formula is C13H24N4O2. The van der Waals surface area contributed by atoms with Crippen molar-refractivity contribution in [3.63, 3.8) is 0 Å². The first-order valence-electron chi connectivity index (χ1n) is 6.88. The summed E-state index contributed by atoms with van der Waals surface area (Å²) in [4.78, 5) is 2.01. The lowest BCUT2D eigenvalue weighted by Gasteiger charge is -2.20. The average Bonchev–Trinajstić information content (AvgIpc) is 2.81. The second-order valence-corrected chi connectivity index (χ2v) is 5.23. The molecule has 2 heterocycles. The minimum Gasteiger partial charge on any atom is -0.389 e. The lowest BCUT2D eigenvalue weighted by molar-refractivity contribution is 0.0572. The highest BCUT2D eigenvalue weighted by molar-refractivity contribution is 5.51. The maximum atomic E-state index is 9.70. The largest absolute Gasteiger partial charge is 0.389 e. The molecule has 1 aromatic heterocycles. The smallest absolute Gasteiger partial charge is 0.131 e. The van der Waals surface area contributed by atoms with Crippen LogP contribution in [0.4, 0.5) is 5.82 Å². The summed E-state index contributed by atoms with van der Waals surface area (Å²) in [6.07, 6.45) is -0.256. The number of anilines is 1. The van der Waals surface area contributed by atoms with Crippen LogP contribution in [-0.2, 0) is 13.6 Å². The second kappa shape index (κ2) is 5.90. The number of hydrogen-bond donors (Lipinski definition) is 3. The first-order valence-corrected chi connectivity index (χ1v) is 6.88. The normalized spacial score (nSPS) is 23.3. The third-order valence-corrected chi connectivity index (χ3v) is 3.60. The summed E-state index contributed by atoms with van der Waals surface area (Å²) in [5.74, 6) is 0.997. The maximum Gasteiger partial charge on any atom is 0.131 e. The molecule has 0 radical (unpaired) electrons. The summed E-state index contributed by atoms with van der Waals surface area (Å²) in [6, 6.07) is 0. The van der Waals surface area contributed by atoms with Gasteiger partial charge in [-0.05, 0) is 19.9 Å². The number of hydrogen-bond acceptors (Lipinski definition) is 5. The number of aliphatic hydroxyl groups is 2. The second-order valence-electron chi connectivity index (χ2n) is 5.23. The van der Waals surface area contributed by atoms with E-state index in [9.17, 15) is 10.2 Å². The molecule has 6 heteroatoms. The van der Waals surface area contributed by atoms with Gasteiger partial charge in [-0.25, -0.2) is 0 Å². The number of aryl methyl sites for hydroxylation is 2. The van der Waals surface area contributed by atoms with Crippen molar-refractivity contribution in [2.45, 2.75) is 39.0 Å². The zero-order valence-corrected chi connectivity index (χ0v) is 11.9. The molecule has 108 valence electrons. The van der Waals surface area contributed by atoms with Crippen LogP contribution in [-0.4, -0.2) is 51.8 Å². The van der Waals surface area contributed by atoms with E-state index in [0.717, 1.165) is 36.6 Å². The number of aliphatic hydroxyl groups excluding tert-OH is 2. The highest BCUT2D eigenvalue weighted by Crippen LogP contribution is 2.26. The summed E-state index contributed by atoms with van der Waals surface area (Å²) in [6.45, 7) is 6.79. The molecule has 1 aromatic rings. The van der Waals surface area contributed by atoms with Crippen LogP contribution < -0.4 is 10.2 Å². The Labute approximate surface area is 114 Å². The Morgan fingerprint density at radius 3 is 2.53 bits per heavy atom. The topological polar surface area (TPSA) is 73.6 Å². The molecule has 1 saturated heterocycles. The van der Waals surface area contributed by atoms with E-state index in [1.165, 1.54) is 0 Å². The molecule has 0 bridgehead atoms. The van der Waals surface area contributed by atoms with Crippen LogP contribution in [0, 0.1) is 6.92 Å². The maximum absolute atomic E-state index is 9.70. The van der Waals surface area contributed by atoms with Gasteiger partial charge in [0.05, 0.1) is 17.9 Å². The van der Waals surface area contributed by atoms with E-state index in [4.69, 9.17) is 0 Å². The van der Waals surface area contributed by atoms with Crippen LogP contribution >= 0.6 is 0 Å². The Morgan fingerprint density at radius 1 is 1.32 bits per heavy atom. The van der Waals surface area contributed by atoms with Gasteiger partial charge in [0.25, 0.3) is 0 Å². The molecule has 6 nitrogen and oxygen atoms in total. The number of nitrogens with one attached hydrogen (secondary N) is 1. The monoisotopic (exact) mass is 268 g/mol. The molecule has 19 heavy (non-hydrogen) atoms. The summed E-state index contributed by atoms with van der Waals surface area (Å²) in [7, 11) is 1.91. The predicted octanol–water partition coefficient (Wildman–Crippen LogP) is -0.230. The molecule has 2 atom stereocenters. The fourth-order valence-corrected chi connectivity index (χ4v) is 2.62. The molecule has 2 rings (SSSR count). The highest BCUT2D eigenvalue weighted by Gasteiger charge is 2.32. The molecule has 0 spiro atoms. The van der Waals surface area contributed by atoms with Gasteiger partial charge in [-0.15, -0.1) is 0 Å².